The lowest BCUT2D eigenvalue weighted by molar-refractivity contribution is 0.0698. The van der Waals surface area contributed by atoms with Gasteiger partial charge < -0.3 is 20.8 Å². The number of nitrogen functional groups attached to an aromatic ring is 1. The van der Waals surface area contributed by atoms with E-state index >= 15 is 0 Å². The van der Waals surface area contributed by atoms with Gasteiger partial charge in [-0.15, -0.1) is 0 Å². The van der Waals surface area contributed by atoms with Crippen LogP contribution in [0.1, 0.15) is 36.0 Å². The third-order valence-corrected chi connectivity index (χ3v) is 3.67. The van der Waals surface area contributed by atoms with Gasteiger partial charge in [0.25, 0.3) is 0 Å². The first kappa shape index (κ1) is 13.7. The molecule has 5 nitrogen and oxygen atoms in total. The molecule has 0 amide bonds. The predicted molar refractivity (Wildman–Crippen MR) is 74.5 cm³/mol. The van der Waals surface area contributed by atoms with Crippen molar-refractivity contribution in [3.8, 4) is 0 Å². The minimum Gasteiger partial charge on any atom is -0.478 e. The highest BCUT2D eigenvalue weighted by molar-refractivity contribution is 5.94. The Morgan fingerprint density at radius 1 is 1.47 bits per heavy atom. The van der Waals surface area contributed by atoms with Crippen molar-refractivity contribution in [2.24, 2.45) is 0 Å². The molecule has 5 heteroatoms. The number of aliphatic hydroxyl groups is 1. The highest BCUT2D eigenvalue weighted by atomic mass is 16.4. The number of rotatable bonds is 5. The van der Waals surface area contributed by atoms with E-state index in [1.54, 1.807) is 12.1 Å². The van der Waals surface area contributed by atoms with E-state index in [1.807, 2.05) is 6.07 Å². The molecule has 0 aromatic heterocycles. The second-order valence-electron chi connectivity index (χ2n) is 4.93. The maximum absolute atomic E-state index is 10.9. The summed E-state index contributed by atoms with van der Waals surface area (Å²) < 4.78 is 0. The molecule has 1 aromatic rings. The van der Waals surface area contributed by atoms with Crippen LogP contribution in [0.25, 0.3) is 0 Å². The molecule has 0 bridgehead atoms. The largest absolute Gasteiger partial charge is 0.478 e. The zero-order valence-electron chi connectivity index (χ0n) is 10.9. The van der Waals surface area contributed by atoms with Crippen LogP contribution >= 0.6 is 0 Å². The van der Waals surface area contributed by atoms with Crippen molar-refractivity contribution in [1.82, 2.24) is 0 Å². The Kier molecular flexibility index (Phi) is 4.27. The van der Waals surface area contributed by atoms with Crippen LogP contribution in [0.15, 0.2) is 18.2 Å². The molecule has 0 spiro atoms. The molecule has 0 radical (unpaired) electrons. The SMILES string of the molecule is Nc1cc(N2CCCC2CCCO)ccc1C(=O)O. The highest BCUT2D eigenvalue weighted by Gasteiger charge is 2.24. The van der Waals surface area contributed by atoms with Gasteiger partial charge in [-0.1, -0.05) is 0 Å². The third kappa shape index (κ3) is 2.98. The lowest BCUT2D eigenvalue weighted by atomic mass is 10.1. The van der Waals surface area contributed by atoms with Gasteiger partial charge in [-0.2, -0.15) is 0 Å². The fraction of sp³-hybridized carbons (Fsp3) is 0.500. The molecule has 1 heterocycles. The summed E-state index contributed by atoms with van der Waals surface area (Å²) in [6.45, 7) is 1.17. The van der Waals surface area contributed by atoms with Crippen LogP contribution in [-0.4, -0.2) is 35.4 Å². The van der Waals surface area contributed by atoms with Crippen LogP contribution in [0.5, 0.6) is 0 Å². The molecule has 1 aromatic carbocycles. The molecule has 0 aliphatic carbocycles. The number of aromatic carboxylic acids is 1. The number of anilines is 2. The standard InChI is InChI=1S/C14H20N2O3/c15-13-9-11(5-6-12(13)14(18)19)16-7-1-3-10(16)4-2-8-17/h5-6,9-10,17H,1-4,7-8,15H2,(H,18,19). The number of nitrogens with zero attached hydrogens (tertiary/aromatic N) is 1. The maximum Gasteiger partial charge on any atom is 0.337 e. The molecule has 0 saturated carbocycles. The van der Waals surface area contributed by atoms with Crippen molar-refractivity contribution < 1.29 is 15.0 Å². The molecular weight excluding hydrogens is 244 g/mol. The van der Waals surface area contributed by atoms with Gasteiger partial charge in [0, 0.05) is 30.6 Å². The molecule has 1 aliphatic rings. The Hall–Kier alpha value is -1.75. The summed E-state index contributed by atoms with van der Waals surface area (Å²) in [4.78, 5) is 13.2. The smallest absolute Gasteiger partial charge is 0.337 e. The lowest BCUT2D eigenvalue weighted by Crippen LogP contribution is -2.29. The van der Waals surface area contributed by atoms with E-state index in [0.29, 0.717) is 11.7 Å². The zero-order chi connectivity index (χ0) is 13.8. The Labute approximate surface area is 112 Å². The van der Waals surface area contributed by atoms with E-state index in [0.717, 1.165) is 37.9 Å². The number of hydrogen-bond acceptors (Lipinski definition) is 4. The Bertz CT molecular complexity index is 462. The van der Waals surface area contributed by atoms with Crippen LogP contribution in [0.4, 0.5) is 11.4 Å². The van der Waals surface area contributed by atoms with Crippen molar-refractivity contribution in [2.45, 2.75) is 31.7 Å². The Balaban J connectivity index is 2.16. The van der Waals surface area contributed by atoms with Gasteiger partial charge in [-0.3, -0.25) is 0 Å². The minimum absolute atomic E-state index is 0.148. The lowest BCUT2D eigenvalue weighted by Gasteiger charge is -2.27. The third-order valence-electron chi connectivity index (χ3n) is 3.67. The van der Waals surface area contributed by atoms with Crippen molar-refractivity contribution in [3.05, 3.63) is 23.8 Å². The number of hydrogen-bond donors (Lipinski definition) is 3. The number of carboxylic acids is 1. The Morgan fingerprint density at radius 3 is 2.89 bits per heavy atom. The fourth-order valence-corrected chi connectivity index (χ4v) is 2.73. The first-order chi connectivity index (χ1) is 9.13. The zero-order valence-corrected chi connectivity index (χ0v) is 10.9. The topological polar surface area (TPSA) is 86.8 Å². The second kappa shape index (κ2) is 5.93. The van der Waals surface area contributed by atoms with E-state index in [2.05, 4.69) is 4.90 Å². The van der Waals surface area contributed by atoms with E-state index in [9.17, 15) is 4.79 Å². The maximum atomic E-state index is 10.9. The number of nitrogens with two attached hydrogens (primary N) is 1. The average Bonchev–Trinajstić information content (AvgIpc) is 2.83. The van der Waals surface area contributed by atoms with Crippen LogP contribution in [-0.2, 0) is 0 Å². The first-order valence-electron chi connectivity index (χ1n) is 6.64. The van der Waals surface area contributed by atoms with E-state index in [4.69, 9.17) is 15.9 Å². The van der Waals surface area contributed by atoms with Crippen LogP contribution < -0.4 is 10.6 Å². The summed E-state index contributed by atoms with van der Waals surface area (Å²) in [5.74, 6) is -0.998. The number of aliphatic hydroxyl groups excluding tert-OH is 1. The monoisotopic (exact) mass is 264 g/mol. The van der Waals surface area contributed by atoms with Crippen LogP contribution in [0.2, 0.25) is 0 Å². The van der Waals surface area contributed by atoms with E-state index < -0.39 is 5.97 Å². The molecule has 1 fully saturated rings. The summed E-state index contributed by atoms with van der Waals surface area (Å²) >= 11 is 0. The van der Waals surface area contributed by atoms with Gasteiger partial charge in [0.05, 0.1) is 5.56 Å². The second-order valence-corrected chi connectivity index (χ2v) is 4.93. The summed E-state index contributed by atoms with van der Waals surface area (Å²) in [5.41, 5.74) is 7.21. The van der Waals surface area contributed by atoms with E-state index in [-0.39, 0.29) is 12.2 Å². The number of benzene rings is 1. The summed E-state index contributed by atoms with van der Waals surface area (Å²) in [6.07, 6.45) is 3.98. The molecule has 19 heavy (non-hydrogen) atoms. The first-order valence-corrected chi connectivity index (χ1v) is 6.64. The molecule has 1 saturated heterocycles. The van der Waals surface area contributed by atoms with Gasteiger partial charge >= 0.3 is 5.97 Å². The Morgan fingerprint density at radius 2 is 2.26 bits per heavy atom. The van der Waals surface area contributed by atoms with Crippen molar-refractivity contribution in [2.75, 3.05) is 23.8 Å². The van der Waals surface area contributed by atoms with Crippen LogP contribution in [0, 0.1) is 0 Å². The summed E-state index contributed by atoms with van der Waals surface area (Å²) in [7, 11) is 0. The summed E-state index contributed by atoms with van der Waals surface area (Å²) in [5, 5.41) is 17.9. The predicted octanol–water partition coefficient (Wildman–Crippen LogP) is 1.71. The molecule has 104 valence electrons. The molecule has 1 unspecified atom stereocenters. The average molecular weight is 264 g/mol. The highest BCUT2D eigenvalue weighted by Crippen LogP contribution is 2.30. The molecular formula is C14H20N2O3. The van der Waals surface area contributed by atoms with Crippen molar-refractivity contribution >= 4 is 17.3 Å². The van der Waals surface area contributed by atoms with Gasteiger partial charge in [0.1, 0.15) is 0 Å². The van der Waals surface area contributed by atoms with Gasteiger partial charge in [-0.25, -0.2) is 4.79 Å². The van der Waals surface area contributed by atoms with Gasteiger partial charge in [-0.05, 0) is 43.9 Å². The number of carboxylic acid groups (broad SMARTS) is 1. The van der Waals surface area contributed by atoms with E-state index in [1.165, 1.54) is 0 Å². The number of carbonyl (C=O) groups is 1. The molecule has 1 atom stereocenters. The van der Waals surface area contributed by atoms with Gasteiger partial charge in [0.2, 0.25) is 0 Å². The summed E-state index contributed by atoms with van der Waals surface area (Å²) in [6, 6.07) is 5.54. The normalized spacial score (nSPS) is 18.8. The molecule has 1 aliphatic heterocycles. The van der Waals surface area contributed by atoms with Gasteiger partial charge in [0.15, 0.2) is 0 Å². The molecule has 4 N–H and O–H groups in total. The van der Waals surface area contributed by atoms with Crippen molar-refractivity contribution in [3.63, 3.8) is 0 Å². The van der Waals surface area contributed by atoms with Crippen LogP contribution in [0.3, 0.4) is 0 Å². The quantitative estimate of drug-likeness (QED) is 0.705. The molecule has 2 rings (SSSR count). The van der Waals surface area contributed by atoms with Crippen molar-refractivity contribution in [1.29, 1.82) is 0 Å². The fourth-order valence-electron chi connectivity index (χ4n) is 2.73. The minimum atomic E-state index is -0.998.